The number of nitrogens with zero attached hydrogens (tertiary/aromatic N) is 3. The van der Waals surface area contributed by atoms with Gasteiger partial charge in [0.15, 0.2) is 11.0 Å². The van der Waals surface area contributed by atoms with Crippen LogP contribution in [0, 0.1) is 0 Å². The van der Waals surface area contributed by atoms with Crippen LogP contribution in [0.5, 0.6) is 0 Å². The summed E-state index contributed by atoms with van der Waals surface area (Å²) in [7, 11) is 0. The quantitative estimate of drug-likeness (QED) is 0.840. The van der Waals surface area contributed by atoms with E-state index in [9.17, 15) is 0 Å². The minimum absolute atomic E-state index is 0.633. The number of hydrogen-bond donors (Lipinski definition) is 1. The molecule has 1 fully saturated rings. The summed E-state index contributed by atoms with van der Waals surface area (Å²) in [5.41, 5.74) is 6.66. The fraction of sp³-hybridized carbons (Fsp3) is 0.643. The van der Waals surface area contributed by atoms with Crippen LogP contribution in [0.3, 0.4) is 0 Å². The molecule has 1 aliphatic carbocycles. The first kappa shape index (κ1) is 14.8. The van der Waals surface area contributed by atoms with Crippen molar-refractivity contribution in [1.82, 2.24) is 15.1 Å². The van der Waals surface area contributed by atoms with Gasteiger partial charge in [0, 0.05) is 17.1 Å². The van der Waals surface area contributed by atoms with Gasteiger partial charge in [-0.25, -0.2) is 4.98 Å². The van der Waals surface area contributed by atoms with Gasteiger partial charge < -0.3 is 10.3 Å². The summed E-state index contributed by atoms with van der Waals surface area (Å²) >= 11 is 3.45. The average Bonchev–Trinajstić information content (AvgIpc) is 3.19. The van der Waals surface area contributed by atoms with E-state index in [0.29, 0.717) is 5.13 Å². The second kappa shape index (κ2) is 7.26. The summed E-state index contributed by atoms with van der Waals surface area (Å²) in [5.74, 6) is 2.44. The molecule has 2 aromatic heterocycles. The first-order chi connectivity index (χ1) is 10.3. The van der Waals surface area contributed by atoms with Crippen LogP contribution in [-0.4, -0.2) is 20.4 Å². The van der Waals surface area contributed by atoms with Crippen molar-refractivity contribution in [2.45, 2.75) is 55.9 Å². The van der Waals surface area contributed by atoms with Gasteiger partial charge in [-0.05, 0) is 25.7 Å². The van der Waals surface area contributed by atoms with E-state index >= 15 is 0 Å². The lowest BCUT2D eigenvalue weighted by atomic mass is 10.2. The Morgan fingerprint density at radius 2 is 2.14 bits per heavy atom. The summed E-state index contributed by atoms with van der Waals surface area (Å²) in [6.07, 6.45) is 8.09. The zero-order valence-corrected chi connectivity index (χ0v) is 13.6. The van der Waals surface area contributed by atoms with E-state index < -0.39 is 0 Å². The van der Waals surface area contributed by atoms with Crippen LogP contribution in [-0.2, 0) is 18.6 Å². The van der Waals surface area contributed by atoms with Gasteiger partial charge in [0.2, 0.25) is 5.89 Å². The summed E-state index contributed by atoms with van der Waals surface area (Å²) in [5, 5.41) is 7.50. The molecule has 3 rings (SSSR count). The van der Waals surface area contributed by atoms with Crippen LogP contribution in [0.4, 0.5) is 5.13 Å². The van der Waals surface area contributed by atoms with Gasteiger partial charge in [-0.3, -0.25) is 0 Å². The van der Waals surface area contributed by atoms with E-state index in [2.05, 4.69) is 15.1 Å². The zero-order valence-electron chi connectivity index (χ0n) is 12.0. The molecular formula is C14H20N4OS2. The van der Waals surface area contributed by atoms with Crippen molar-refractivity contribution in [3.63, 3.8) is 0 Å². The van der Waals surface area contributed by atoms with E-state index in [-0.39, 0.29) is 0 Å². The topological polar surface area (TPSA) is 77.8 Å². The Bertz CT molecular complexity index is 563. The fourth-order valence-electron chi connectivity index (χ4n) is 2.56. The largest absolute Gasteiger partial charge is 0.375 e. The highest BCUT2D eigenvalue weighted by molar-refractivity contribution is 7.99. The molecule has 5 nitrogen and oxygen atoms in total. The monoisotopic (exact) mass is 324 g/mol. The highest BCUT2D eigenvalue weighted by Crippen LogP contribution is 2.31. The number of thiazole rings is 1. The first-order valence-electron chi connectivity index (χ1n) is 7.42. The number of nitrogen functional groups attached to an aromatic ring is 1. The van der Waals surface area contributed by atoms with E-state index in [0.717, 1.165) is 47.7 Å². The first-order valence-corrected chi connectivity index (χ1v) is 9.35. The maximum atomic E-state index is 5.61. The van der Waals surface area contributed by atoms with Gasteiger partial charge in [0.1, 0.15) is 0 Å². The lowest BCUT2D eigenvalue weighted by Crippen LogP contribution is -1.96. The Balaban J connectivity index is 1.39. The molecule has 0 bridgehead atoms. The number of anilines is 1. The molecule has 0 aliphatic heterocycles. The van der Waals surface area contributed by atoms with Gasteiger partial charge in [-0.2, -0.15) is 16.7 Å². The van der Waals surface area contributed by atoms with Crippen LogP contribution in [0.25, 0.3) is 0 Å². The van der Waals surface area contributed by atoms with Crippen molar-refractivity contribution in [1.29, 1.82) is 0 Å². The molecule has 0 amide bonds. The fourth-order valence-corrected chi connectivity index (χ4v) is 4.32. The van der Waals surface area contributed by atoms with Gasteiger partial charge in [0.05, 0.1) is 11.4 Å². The lowest BCUT2D eigenvalue weighted by Gasteiger charge is -2.04. The molecule has 0 aromatic carbocycles. The van der Waals surface area contributed by atoms with E-state index in [1.165, 1.54) is 37.0 Å². The Morgan fingerprint density at radius 3 is 2.90 bits per heavy atom. The number of thioether (sulfide) groups is 1. The SMILES string of the molecule is Nc1nc(CCCc2nc(CSC3CCCC3)no2)cs1. The maximum absolute atomic E-state index is 5.61. The van der Waals surface area contributed by atoms with E-state index in [1.807, 2.05) is 17.1 Å². The molecule has 0 spiro atoms. The van der Waals surface area contributed by atoms with Gasteiger partial charge >= 0.3 is 0 Å². The molecule has 114 valence electrons. The third kappa shape index (κ3) is 4.44. The average molecular weight is 324 g/mol. The number of aromatic nitrogens is 3. The van der Waals surface area contributed by atoms with Gasteiger partial charge in [-0.1, -0.05) is 18.0 Å². The Hall–Kier alpha value is -1.08. The molecule has 0 radical (unpaired) electrons. The molecule has 2 N–H and O–H groups in total. The number of rotatable bonds is 7. The van der Waals surface area contributed by atoms with Crippen LogP contribution in [0.2, 0.25) is 0 Å². The van der Waals surface area contributed by atoms with Crippen LogP contribution in [0.15, 0.2) is 9.90 Å². The third-order valence-corrected chi connectivity index (χ3v) is 5.74. The molecule has 0 saturated heterocycles. The summed E-state index contributed by atoms with van der Waals surface area (Å²) in [4.78, 5) is 8.71. The number of nitrogens with two attached hydrogens (primary N) is 1. The Labute approximate surface area is 132 Å². The minimum Gasteiger partial charge on any atom is -0.375 e. The zero-order chi connectivity index (χ0) is 14.5. The minimum atomic E-state index is 0.633. The summed E-state index contributed by atoms with van der Waals surface area (Å²) in [6, 6.07) is 0. The molecule has 21 heavy (non-hydrogen) atoms. The predicted molar refractivity (Wildman–Crippen MR) is 86.4 cm³/mol. The molecule has 1 aliphatic rings. The predicted octanol–water partition coefficient (Wildman–Crippen LogP) is 3.46. The van der Waals surface area contributed by atoms with Crippen molar-refractivity contribution < 1.29 is 4.52 Å². The number of hydrogen-bond acceptors (Lipinski definition) is 7. The maximum Gasteiger partial charge on any atom is 0.226 e. The Kier molecular flexibility index (Phi) is 5.13. The second-order valence-electron chi connectivity index (χ2n) is 5.35. The van der Waals surface area contributed by atoms with Crippen LogP contribution in [0.1, 0.15) is 49.5 Å². The van der Waals surface area contributed by atoms with Crippen molar-refractivity contribution in [3.05, 3.63) is 22.8 Å². The third-order valence-electron chi connectivity index (χ3n) is 3.65. The molecule has 0 unspecified atom stereocenters. The van der Waals surface area contributed by atoms with Gasteiger partial charge in [0.25, 0.3) is 0 Å². The molecule has 2 aromatic rings. The normalized spacial score (nSPS) is 15.8. The Morgan fingerprint density at radius 1 is 1.29 bits per heavy atom. The molecular weight excluding hydrogens is 304 g/mol. The standard InChI is InChI=1S/C14H20N4OS2/c15-14-16-10(8-21-14)4-3-7-13-17-12(18-19-13)9-20-11-5-1-2-6-11/h8,11H,1-7,9H2,(H2,15,16). The van der Waals surface area contributed by atoms with E-state index in [1.54, 1.807) is 0 Å². The van der Waals surface area contributed by atoms with Crippen LogP contribution < -0.4 is 5.73 Å². The van der Waals surface area contributed by atoms with Crippen molar-refractivity contribution in [2.75, 3.05) is 5.73 Å². The smallest absolute Gasteiger partial charge is 0.226 e. The van der Waals surface area contributed by atoms with E-state index in [4.69, 9.17) is 10.3 Å². The van der Waals surface area contributed by atoms with Crippen molar-refractivity contribution in [3.8, 4) is 0 Å². The second-order valence-corrected chi connectivity index (χ2v) is 7.53. The molecule has 0 atom stereocenters. The highest BCUT2D eigenvalue weighted by Gasteiger charge is 2.16. The molecule has 1 saturated carbocycles. The molecule has 7 heteroatoms. The highest BCUT2D eigenvalue weighted by atomic mass is 32.2. The van der Waals surface area contributed by atoms with Crippen molar-refractivity contribution in [2.24, 2.45) is 0 Å². The van der Waals surface area contributed by atoms with Gasteiger partial charge in [-0.15, -0.1) is 11.3 Å². The summed E-state index contributed by atoms with van der Waals surface area (Å²) < 4.78 is 5.31. The summed E-state index contributed by atoms with van der Waals surface area (Å²) in [6.45, 7) is 0. The molecule has 2 heterocycles. The lowest BCUT2D eigenvalue weighted by molar-refractivity contribution is 0.371. The number of aryl methyl sites for hydroxylation is 2. The van der Waals surface area contributed by atoms with Crippen molar-refractivity contribution >= 4 is 28.2 Å². The van der Waals surface area contributed by atoms with Crippen LogP contribution >= 0.6 is 23.1 Å².